The number of fused-ring (bicyclic) bond motifs is 2. The van der Waals surface area contributed by atoms with Crippen LogP contribution in [0.3, 0.4) is 0 Å². The molecule has 5 aliphatic heterocycles. The van der Waals surface area contributed by atoms with Gasteiger partial charge in [0.1, 0.15) is 17.8 Å². The Balaban J connectivity index is 0.683. The molecule has 2 atom stereocenters. The Morgan fingerprint density at radius 3 is 2.28 bits per heavy atom. The Labute approximate surface area is 412 Å². The standard InChI is InChI=1S/C51H47N9O9S2/c61-43-15-14-41(47(64)55-43)60-49(66)38-12-11-35(27-39(38)50(60)67)33-16-21-57(22-17-33)30-44(62)58-23-18-37(19-24-58)54-46(63)40-13-9-32(28-53-40)7-6-31-8-10-36-29-59(71(68,69)42(36)26-31)45(34-4-2-1-3-5-34)48(65)56-51-52-20-25-70-51/h1-5,8-13,20,25-28,33,37,41,45H,14-19,21-24,29-30H2,(H,54,63)(H,52,56,65)(H,55,61,64). The normalized spacial score (nSPS) is 19.9. The molecule has 0 bridgehead atoms. The van der Waals surface area contributed by atoms with Crippen LogP contribution in [0, 0.1) is 11.8 Å². The van der Waals surface area contributed by atoms with Crippen LogP contribution in [0.2, 0.25) is 0 Å². The third-order valence-electron chi connectivity index (χ3n) is 13.7. The number of rotatable bonds is 10. The predicted molar refractivity (Wildman–Crippen MR) is 258 cm³/mol. The molecule has 7 heterocycles. The molecule has 18 nitrogen and oxygen atoms in total. The van der Waals surface area contributed by atoms with E-state index in [0.717, 1.165) is 23.3 Å². The van der Waals surface area contributed by atoms with Gasteiger partial charge in [-0.05, 0) is 104 Å². The SMILES string of the molecule is O=C1CCC(N2C(=O)c3ccc(C4CCN(CC(=O)N5CCC(NC(=O)c6ccc(C#Cc7ccc8c(c7)S(=O)(=O)N(C(C(=O)Nc7nccs7)c7ccccc7)C8)cn6)CC5)CC4)cc3C2=O)C(=O)N1. The first-order chi connectivity index (χ1) is 34.3. The molecule has 5 aromatic rings. The van der Waals surface area contributed by atoms with Gasteiger partial charge in [-0.3, -0.25) is 48.7 Å². The van der Waals surface area contributed by atoms with E-state index < -0.39 is 51.6 Å². The number of hydrogen-bond donors (Lipinski definition) is 3. The van der Waals surface area contributed by atoms with Crippen molar-refractivity contribution in [2.75, 3.05) is 38.0 Å². The Bertz CT molecular complexity index is 3140. The summed E-state index contributed by atoms with van der Waals surface area (Å²) in [6.07, 6.45) is 5.89. The van der Waals surface area contributed by atoms with E-state index in [1.165, 1.54) is 27.9 Å². The maximum Gasteiger partial charge on any atom is 0.270 e. The number of benzene rings is 3. The molecule has 0 spiro atoms. The minimum Gasteiger partial charge on any atom is -0.348 e. The van der Waals surface area contributed by atoms with E-state index in [9.17, 15) is 42.0 Å². The maximum absolute atomic E-state index is 14.0. The molecule has 0 saturated carbocycles. The molecular formula is C51H47N9O9S2. The predicted octanol–water partition coefficient (Wildman–Crippen LogP) is 3.82. The molecule has 20 heteroatoms. The summed E-state index contributed by atoms with van der Waals surface area (Å²) in [7, 11) is -4.10. The number of nitrogens with one attached hydrogen (secondary N) is 3. The minimum absolute atomic E-state index is 0.00196. The van der Waals surface area contributed by atoms with Crippen LogP contribution in [-0.4, -0.2) is 124 Å². The van der Waals surface area contributed by atoms with Gasteiger partial charge in [0.05, 0.1) is 22.6 Å². The summed E-state index contributed by atoms with van der Waals surface area (Å²) in [5.74, 6) is 3.17. The second-order valence-corrected chi connectivity index (χ2v) is 20.9. The summed E-state index contributed by atoms with van der Waals surface area (Å²) in [5, 5.41) is 10.1. The minimum atomic E-state index is -4.10. The quantitative estimate of drug-likeness (QED) is 0.134. The summed E-state index contributed by atoms with van der Waals surface area (Å²) < 4.78 is 29.2. The van der Waals surface area contributed by atoms with Gasteiger partial charge in [0, 0.05) is 61.0 Å². The van der Waals surface area contributed by atoms with Gasteiger partial charge in [0.15, 0.2) is 5.13 Å². The number of anilines is 1. The van der Waals surface area contributed by atoms with Crippen molar-refractivity contribution in [3.05, 3.63) is 141 Å². The second kappa shape index (κ2) is 19.8. The lowest BCUT2D eigenvalue weighted by Gasteiger charge is -2.36. The number of pyridine rings is 1. The molecule has 3 saturated heterocycles. The number of carbonyl (C=O) groups is 7. The third-order valence-corrected chi connectivity index (χ3v) is 16.3. The van der Waals surface area contributed by atoms with Gasteiger partial charge < -0.3 is 15.5 Å². The van der Waals surface area contributed by atoms with Crippen molar-refractivity contribution in [2.24, 2.45) is 0 Å². The number of nitrogens with zero attached hydrogens (tertiary/aromatic N) is 6. The van der Waals surface area contributed by atoms with E-state index in [-0.39, 0.29) is 71.4 Å². The number of imide groups is 2. The highest BCUT2D eigenvalue weighted by molar-refractivity contribution is 7.89. The zero-order valence-corrected chi connectivity index (χ0v) is 39.8. The Hall–Kier alpha value is -7.44. The number of sulfonamides is 1. The van der Waals surface area contributed by atoms with Crippen LogP contribution in [-0.2, 0) is 35.7 Å². The number of likely N-dealkylation sites (tertiary alicyclic amines) is 2. The van der Waals surface area contributed by atoms with Gasteiger partial charge in [-0.2, -0.15) is 4.31 Å². The van der Waals surface area contributed by atoms with Crippen molar-refractivity contribution in [1.82, 2.24) is 39.6 Å². The Kier molecular flexibility index (Phi) is 13.1. The van der Waals surface area contributed by atoms with E-state index in [0.29, 0.717) is 66.4 Å². The summed E-state index contributed by atoms with van der Waals surface area (Å²) in [4.78, 5) is 104. The van der Waals surface area contributed by atoms with Crippen LogP contribution in [0.1, 0.15) is 110 Å². The molecular weight excluding hydrogens is 947 g/mol. The van der Waals surface area contributed by atoms with Crippen LogP contribution in [0.4, 0.5) is 5.13 Å². The van der Waals surface area contributed by atoms with Crippen molar-refractivity contribution < 1.29 is 42.0 Å². The molecule has 2 unspecified atom stereocenters. The molecule has 3 N–H and O–H groups in total. The van der Waals surface area contributed by atoms with Crippen LogP contribution < -0.4 is 16.0 Å². The van der Waals surface area contributed by atoms with Crippen molar-refractivity contribution in [3.63, 3.8) is 0 Å². The van der Waals surface area contributed by atoms with Crippen molar-refractivity contribution in [2.45, 2.75) is 74.0 Å². The first kappa shape index (κ1) is 47.2. The monoisotopic (exact) mass is 993 g/mol. The summed E-state index contributed by atoms with van der Waals surface area (Å²) in [6.45, 7) is 2.62. The zero-order chi connectivity index (χ0) is 49.4. The first-order valence-electron chi connectivity index (χ1n) is 23.4. The summed E-state index contributed by atoms with van der Waals surface area (Å²) >= 11 is 1.23. The number of hydrogen-bond acceptors (Lipinski definition) is 13. The lowest BCUT2D eigenvalue weighted by molar-refractivity contribution is -0.136. The van der Waals surface area contributed by atoms with E-state index >= 15 is 0 Å². The van der Waals surface area contributed by atoms with Crippen molar-refractivity contribution >= 4 is 67.8 Å². The number of carbonyl (C=O) groups excluding carboxylic acids is 7. The molecule has 3 aromatic carbocycles. The molecule has 71 heavy (non-hydrogen) atoms. The van der Waals surface area contributed by atoms with Crippen LogP contribution in [0.25, 0.3) is 0 Å². The van der Waals surface area contributed by atoms with Gasteiger partial charge >= 0.3 is 0 Å². The Morgan fingerprint density at radius 2 is 1.56 bits per heavy atom. The number of amides is 7. The second-order valence-electron chi connectivity index (χ2n) is 18.1. The van der Waals surface area contributed by atoms with Gasteiger partial charge in [0.25, 0.3) is 17.7 Å². The topological polar surface area (TPSA) is 228 Å². The lowest BCUT2D eigenvalue weighted by Crippen LogP contribution is -2.54. The van der Waals surface area contributed by atoms with E-state index in [1.807, 2.05) is 11.0 Å². The van der Waals surface area contributed by atoms with Crippen molar-refractivity contribution in [1.29, 1.82) is 0 Å². The fourth-order valence-corrected chi connectivity index (χ4v) is 12.2. The molecule has 0 radical (unpaired) electrons. The van der Waals surface area contributed by atoms with Gasteiger partial charge in [-0.1, -0.05) is 54.3 Å². The molecule has 7 amide bonds. The fourth-order valence-electron chi connectivity index (χ4n) is 9.89. The molecule has 362 valence electrons. The first-order valence-corrected chi connectivity index (χ1v) is 25.7. The average Bonchev–Trinajstić information content (AvgIpc) is 4.05. The molecule has 10 rings (SSSR count). The summed E-state index contributed by atoms with van der Waals surface area (Å²) in [5.41, 5.74) is 3.68. The van der Waals surface area contributed by atoms with E-state index in [1.54, 1.807) is 78.3 Å². The van der Waals surface area contributed by atoms with Crippen LogP contribution in [0.5, 0.6) is 0 Å². The van der Waals surface area contributed by atoms with Gasteiger partial charge in [0.2, 0.25) is 33.7 Å². The highest BCUT2D eigenvalue weighted by atomic mass is 32.2. The fraction of sp³-hybridized carbons (Fsp3) is 0.314. The molecule has 2 aromatic heterocycles. The largest absolute Gasteiger partial charge is 0.348 e. The lowest BCUT2D eigenvalue weighted by atomic mass is 9.88. The number of aromatic nitrogens is 2. The third kappa shape index (κ3) is 9.73. The maximum atomic E-state index is 14.0. The Morgan fingerprint density at radius 1 is 0.817 bits per heavy atom. The van der Waals surface area contributed by atoms with E-state index in [2.05, 4.69) is 42.7 Å². The number of piperidine rings is 3. The smallest absolute Gasteiger partial charge is 0.270 e. The van der Waals surface area contributed by atoms with Gasteiger partial charge in [-0.25, -0.2) is 18.4 Å². The van der Waals surface area contributed by atoms with Crippen LogP contribution in [0.15, 0.2) is 102 Å². The van der Waals surface area contributed by atoms with Crippen LogP contribution >= 0.6 is 11.3 Å². The van der Waals surface area contributed by atoms with Crippen molar-refractivity contribution in [3.8, 4) is 11.8 Å². The summed E-state index contributed by atoms with van der Waals surface area (Å²) in [6, 6.07) is 19.9. The highest BCUT2D eigenvalue weighted by Gasteiger charge is 2.46. The molecule has 5 aliphatic rings. The van der Waals surface area contributed by atoms with E-state index in [4.69, 9.17) is 0 Å². The van der Waals surface area contributed by atoms with Gasteiger partial charge in [-0.15, -0.1) is 11.3 Å². The average molecular weight is 994 g/mol. The molecule has 3 fully saturated rings. The molecule has 0 aliphatic carbocycles. The highest BCUT2D eigenvalue weighted by Crippen LogP contribution is 2.39. The zero-order valence-electron chi connectivity index (χ0n) is 38.2. The number of thiazole rings is 1.